The van der Waals surface area contributed by atoms with Crippen LogP contribution in [0.15, 0.2) is 0 Å². The fourth-order valence-corrected chi connectivity index (χ4v) is 6.88. The van der Waals surface area contributed by atoms with Crippen LogP contribution in [0.2, 0.25) is 0 Å². The highest BCUT2D eigenvalue weighted by atomic mass is 16.3. The average molecular weight is 668 g/mol. The van der Waals surface area contributed by atoms with Gasteiger partial charge in [0.2, 0.25) is 5.91 Å². The minimum atomic E-state index is -0.742. The first-order chi connectivity index (χ1) is 23.0. The Labute approximate surface area is 294 Å². The Balaban J connectivity index is 3.57. The Morgan fingerprint density at radius 2 is 0.723 bits per heavy atom. The van der Waals surface area contributed by atoms with E-state index in [1.54, 1.807) is 0 Å². The van der Waals surface area contributed by atoms with Crippen LogP contribution >= 0.6 is 0 Å². The summed E-state index contributed by atoms with van der Waals surface area (Å²) in [5, 5.41) is 33.3. The van der Waals surface area contributed by atoms with Crippen molar-refractivity contribution < 1.29 is 20.1 Å². The third kappa shape index (κ3) is 35.0. The Morgan fingerprint density at radius 3 is 1.02 bits per heavy atom. The molecule has 0 saturated heterocycles. The molecule has 0 aromatic carbocycles. The molecule has 0 aliphatic carbocycles. The van der Waals surface area contributed by atoms with Gasteiger partial charge < -0.3 is 20.6 Å². The van der Waals surface area contributed by atoms with Gasteiger partial charge in [-0.2, -0.15) is 0 Å². The van der Waals surface area contributed by atoms with Crippen LogP contribution in [-0.2, 0) is 4.79 Å². The van der Waals surface area contributed by atoms with Crippen molar-refractivity contribution in [3.05, 3.63) is 0 Å². The van der Waals surface area contributed by atoms with E-state index in [-0.39, 0.29) is 18.9 Å². The second kappa shape index (κ2) is 38.2. The van der Waals surface area contributed by atoms with E-state index >= 15 is 0 Å². The van der Waals surface area contributed by atoms with Crippen molar-refractivity contribution >= 4 is 5.91 Å². The number of nitrogens with one attached hydrogen (secondary N) is 1. The smallest absolute Gasteiger partial charge is 0.222 e. The third-order valence-corrected chi connectivity index (χ3v) is 10.2. The Hall–Kier alpha value is -0.650. The van der Waals surface area contributed by atoms with Crippen LogP contribution in [0.1, 0.15) is 239 Å². The van der Waals surface area contributed by atoms with Gasteiger partial charge in [0.1, 0.15) is 0 Å². The number of rotatable bonds is 39. The van der Waals surface area contributed by atoms with Gasteiger partial charge in [0.05, 0.1) is 31.3 Å². The van der Waals surface area contributed by atoms with Crippen molar-refractivity contribution in [3.8, 4) is 0 Å². The molecule has 1 amide bonds. The molecule has 0 unspecified atom stereocenters. The predicted octanol–water partition coefficient (Wildman–Crippen LogP) is 11.9. The summed E-state index contributed by atoms with van der Waals surface area (Å²) in [6, 6.07) is -0.651. The number of carbonyl (C=O) groups excluding carboxylic acids is 1. The lowest BCUT2D eigenvalue weighted by molar-refractivity contribution is -0.125. The molecule has 0 saturated carbocycles. The molecule has 5 nitrogen and oxygen atoms in total. The monoisotopic (exact) mass is 668 g/mol. The lowest BCUT2D eigenvalue weighted by Crippen LogP contribution is -2.46. The molecule has 0 rings (SSSR count). The molecule has 0 bridgehead atoms. The van der Waals surface area contributed by atoms with Crippen LogP contribution in [0.4, 0.5) is 0 Å². The number of aliphatic hydroxyl groups excluding tert-OH is 3. The van der Waals surface area contributed by atoms with Crippen LogP contribution in [-0.4, -0.2) is 46.1 Å². The minimum Gasteiger partial charge on any atom is -0.394 e. The summed E-state index contributed by atoms with van der Waals surface area (Å²) >= 11 is 0. The summed E-state index contributed by atoms with van der Waals surface area (Å²) in [6.45, 7) is 4.27. The molecule has 47 heavy (non-hydrogen) atoms. The maximum Gasteiger partial charge on any atom is 0.222 e. The van der Waals surface area contributed by atoms with Gasteiger partial charge in [0, 0.05) is 0 Å². The number of aliphatic hydroxyl groups is 3. The quantitative estimate of drug-likeness (QED) is 0.0491. The van der Waals surface area contributed by atoms with Gasteiger partial charge in [-0.3, -0.25) is 4.79 Å². The first-order valence-corrected chi connectivity index (χ1v) is 21.3. The predicted molar refractivity (Wildman–Crippen MR) is 204 cm³/mol. The summed E-state index contributed by atoms with van der Waals surface area (Å²) in [4.78, 5) is 12.4. The maximum atomic E-state index is 12.4. The molecule has 0 spiro atoms. The molecule has 0 fully saturated rings. The van der Waals surface area contributed by atoms with Crippen molar-refractivity contribution in [1.82, 2.24) is 5.32 Å². The fourth-order valence-electron chi connectivity index (χ4n) is 6.88. The van der Waals surface area contributed by atoms with E-state index < -0.39 is 18.2 Å². The molecule has 3 atom stereocenters. The summed E-state index contributed by atoms with van der Waals surface area (Å²) in [5.41, 5.74) is 0. The summed E-state index contributed by atoms with van der Waals surface area (Å²) in [5.74, 6) is -0.279. The second-order valence-electron chi connectivity index (χ2n) is 15.0. The SMILES string of the molecule is CCCCCCCCCCCCCCCCCCCCC[C@@H](O)CC(=O)N[C@@H](CO)[C@H](O)CCCCCCCCCCCCCCC. The zero-order valence-electron chi connectivity index (χ0n) is 31.9. The van der Waals surface area contributed by atoms with Gasteiger partial charge in [0.15, 0.2) is 0 Å². The molecule has 4 N–H and O–H groups in total. The zero-order chi connectivity index (χ0) is 34.5. The highest BCUT2D eigenvalue weighted by Crippen LogP contribution is 2.17. The highest BCUT2D eigenvalue weighted by molar-refractivity contribution is 5.76. The number of carbonyl (C=O) groups is 1. The zero-order valence-corrected chi connectivity index (χ0v) is 31.9. The molecule has 0 aliphatic rings. The van der Waals surface area contributed by atoms with Crippen molar-refractivity contribution in [2.45, 2.75) is 257 Å². The Kier molecular flexibility index (Phi) is 37.6. The number of unbranched alkanes of at least 4 members (excludes halogenated alkanes) is 30. The first-order valence-electron chi connectivity index (χ1n) is 21.3. The van der Waals surface area contributed by atoms with Crippen molar-refractivity contribution in [2.75, 3.05) is 6.61 Å². The number of hydrogen-bond acceptors (Lipinski definition) is 4. The fraction of sp³-hybridized carbons (Fsp3) is 0.976. The van der Waals surface area contributed by atoms with Crippen molar-refractivity contribution in [2.24, 2.45) is 0 Å². The van der Waals surface area contributed by atoms with Crippen LogP contribution < -0.4 is 5.32 Å². The van der Waals surface area contributed by atoms with Gasteiger partial charge in [-0.15, -0.1) is 0 Å². The molecule has 0 aromatic heterocycles. The van der Waals surface area contributed by atoms with Crippen LogP contribution in [0, 0.1) is 0 Å². The molecule has 0 aromatic rings. The molecule has 0 heterocycles. The first kappa shape index (κ1) is 46.4. The van der Waals surface area contributed by atoms with E-state index in [1.165, 1.54) is 180 Å². The van der Waals surface area contributed by atoms with Crippen molar-refractivity contribution in [3.63, 3.8) is 0 Å². The molecule has 0 aliphatic heterocycles. The molecule has 282 valence electrons. The third-order valence-electron chi connectivity index (χ3n) is 10.2. The van der Waals surface area contributed by atoms with Gasteiger partial charge in [-0.05, 0) is 12.8 Å². The van der Waals surface area contributed by atoms with E-state index in [0.29, 0.717) is 12.8 Å². The summed E-state index contributed by atoms with van der Waals surface area (Å²) < 4.78 is 0. The van der Waals surface area contributed by atoms with Gasteiger partial charge in [-0.1, -0.05) is 219 Å². The lowest BCUT2D eigenvalue weighted by Gasteiger charge is -2.23. The standard InChI is InChI=1S/C42H85NO4/c1-3-5-7-9-11-13-15-17-18-19-20-21-22-24-25-27-29-31-33-35-39(45)37-42(47)43-40(38-44)41(46)36-34-32-30-28-26-23-16-14-12-10-8-6-4-2/h39-41,44-46H,3-38H2,1-2H3,(H,43,47)/t39-,40+,41-/m1/s1. The largest absolute Gasteiger partial charge is 0.394 e. The van der Waals surface area contributed by atoms with Crippen LogP contribution in [0.5, 0.6) is 0 Å². The average Bonchev–Trinajstić information content (AvgIpc) is 3.06. The van der Waals surface area contributed by atoms with E-state index in [4.69, 9.17) is 0 Å². The van der Waals surface area contributed by atoms with E-state index in [0.717, 1.165) is 25.7 Å². The van der Waals surface area contributed by atoms with Gasteiger partial charge >= 0.3 is 0 Å². The van der Waals surface area contributed by atoms with E-state index in [9.17, 15) is 20.1 Å². The topological polar surface area (TPSA) is 89.8 Å². The highest BCUT2D eigenvalue weighted by Gasteiger charge is 2.21. The van der Waals surface area contributed by atoms with E-state index in [2.05, 4.69) is 19.2 Å². The summed E-state index contributed by atoms with van der Waals surface area (Å²) in [6.07, 6.45) is 42.1. The number of amides is 1. The Bertz CT molecular complexity index is 615. The number of hydrogen-bond donors (Lipinski definition) is 4. The molecule has 0 radical (unpaired) electrons. The maximum absolute atomic E-state index is 12.4. The Morgan fingerprint density at radius 1 is 0.447 bits per heavy atom. The van der Waals surface area contributed by atoms with E-state index in [1.807, 2.05) is 0 Å². The van der Waals surface area contributed by atoms with Crippen LogP contribution in [0.25, 0.3) is 0 Å². The molecular formula is C42H85NO4. The van der Waals surface area contributed by atoms with Gasteiger partial charge in [-0.25, -0.2) is 0 Å². The summed E-state index contributed by atoms with van der Waals surface area (Å²) in [7, 11) is 0. The second-order valence-corrected chi connectivity index (χ2v) is 15.0. The molecular weight excluding hydrogens is 582 g/mol. The van der Waals surface area contributed by atoms with Crippen molar-refractivity contribution in [1.29, 1.82) is 0 Å². The van der Waals surface area contributed by atoms with Crippen LogP contribution in [0.3, 0.4) is 0 Å². The molecule has 5 heteroatoms. The normalized spacial score (nSPS) is 13.6. The minimum absolute atomic E-state index is 0.0427. The van der Waals surface area contributed by atoms with Gasteiger partial charge in [0.25, 0.3) is 0 Å². The lowest BCUT2D eigenvalue weighted by atomic mass is 10.0.